The van der Waals surface area contributed by atoms with Crippen LogP contribution >= 0.6 is 11.8 Å². The molecule has 1 unspecified atom stereocenters. The second-order valence-corrected chi connectivity index (χ2v) is 8.81. The summed E-state index contributed by atoms with van der Waals surface area (Å²) in [6.07, 6.45) is 6.82. The highest BCUT2D eigenvalue weighted by Gasteiger charge is 2.51. The number of hydrogen-bond donors (Lipinski definition) is 2. The SMILES string of the molecule is C#C[C@]1(COC(C)=O)SC(n2cnc3nc(NC(C)=O)nc(NC(C)=O)c32)C[C@@H]1OC(C)=O. The van der Waals surface area contributed by atoms with Gasteiger partial charge in [0.1, 0.15) is 23.0 Å². The van der Waals surface area contributed by atoms with Gasteiger partial charge in [0.15, 0.2) is 11.5 Å². The van der Waals surface area contributed by atoms with Gasteiger partial charge in [-0.2, -0.15) is 9.97 Å². The molecular formula is C20H22N6O6S. The zero-order valence-corrected chi connectivity index (χ0v) is 19.2. The average Bonchev–Trinajstić information content (AvgIpc) is 3.27. The van der Waals surface area contributed by atoms with E-state index in [1.165, 1.54) is 45.8 Å². The number of ether oxygens (including phenoxy) is 2. The van der Waals surface area contributed by atoms with Gasteiger partial charge in [-0.15, -0.1) is 18.2 Å². The van der Waals surface area contributed by atoms with E-state index in [1.807, 2.05) is 0 Å². The molecule has 174 valence electrons. The topological polar surface area (TPSA) is 154 Å². The molecule has 0 saturated carbocycles. The van der Waals surface area contributed by atoms with Crippen LogP contribution < -0.4 is 10.6 Å². The highest BCUT2D eigenvalue weighted by Crippen LogP contribution is 2.51. The number of thioether (sulfide) groups is 1. The maximum Gasteiger partial charge on any atom is 0.302 e. The third kappa shape index (κ3) is 5.23. The number of amides is 2. The molecule has 1 fully saturated rings. The van der Waals surface area contributed by atoms with E-state index in [0.717, 1.165) is 0 Å². The molecule has 0 aromatic carbocycles. The Hall–Kier alpha value is -3.66. The summed E-state index contributed by atoms with van der Waals surface area (Å²) in [5, 5.41) is 4.67. The number of nitrogens with zero attached hydrogens (tertiary/aromatic N) is 4. The van der Waals surface area contributed by atoms with Crippen LogP contribution in [0.15, 0.2) is 6.33 Å². The summed E-state index contributed by atoms with van der Waals surface area (Å²) in [4.78, 5) is 59.1. The minimum atomic E-state index is -1.14. The number of rotatable bonds is 6. The molecule has 3 rings (SSSR count). The Kier molecular flexibility index (Phi) is 6.87. The van der Waals surface area contributed by atoms with Crippen molar-refractivity contribution in [2.45, 2.75) is 50.3 Å². The average molecular weight is 474 g/mol. The molecule has 1 saturated heterocycles. The fraction of sp³-hybridized carbons (Fsp3) is 0.450. The lowest BCUT2D eigenvalue weighted by Crippen LogP contribution is -2.41. The molecular weight excluding hydrogens is 452 g/mol. The molecule has 0 radical (unpaired) electrons. The van der Waals surface area contributed by atoms with Crippen molar-refractivity contribution >= 4 is 58.4 Å². The summed E-state index contributed by atoms with van der Waals surface area (Å²) in [5.74, 6) is 0.929. The molecule has 2 amide bonds. The molecule has 0 spiro atoms. The van der Waals surface area contributed by atoms with Crippen LogP contribution in [0.5, 0.6) is 0 Å². The smallest absolute Gasteiger partial charge is 0.302 e. The number of terminal acetylenes is 1. The summed E-state index contributed by atoms with van der Waals surface area (Å²) >= 11 is 1.26. The van der Waals surface area contributed by atoms with Crippen LogP contribution in [0.25, 0.3) is 11.2 Å². The second kappa shape index (κ2) is 9.45. The Bertz CT molecular complexity index is 1170. The second-order valence-electron chi connectivity index (χ2n) is 7.30. The van der Waals surface area contributed by atoms with Crippen LogP contribution in [0.1, 0.15) is 39.5 Å². The van der Waals surface area contributed by atoms with Gasteiger partial charge < -0.3 is 19.4 Å². The van der Waals surface area contributed by atoms with E-state index in [4.69, 9.17) is 15.9 Å². The normalized spacial score (nSPS) is 21.8. The van der Waals surface area contributed by atoms with Crippen LogP contribution in [-0.2, 0) is 28.7 Å². The lowest BCUT2D eigenvalue weighted by molar-refractivity contribution is -0.149. The summed E-state index contributed by atoms with van der Waals surface area (Å²) in [6, 6.07) is 0. The standard InChI is InChI=1S/C20H22N6O6S/c1-6-20(8-31-12(4)29)14(32-13(5)30)7-15(33-20)26-9-21-17-16(26)18(22-10(2)27)25-19(24-17)23-11(3)28/h1,9,14-15H,7-8H2,2-5H3,(H2,22,23,24,25,27,28)/t14-,15?,20+/m0/s1. The quantitative estimate of drug-likeness (QED) is 0.461. The lowest BCUT2D eigenvalue weighted by Gasteiger charge is -2.27. The first-order chi connectivity index (χ1) is 15.5. The largest absolute Gasteiger partial charge is 0.463 e. The summed E-state index contributed by atoms with van der Waals surface area (Å²) in [6.45, 7) is 4.98. The van der Waals surface area contributed by atoms with Gasteiger partial charge in [0, 0.05) is 34.1 Å². The number of esters is 2. The van der Waals surface area contributed by atoms with E-state index in [-0.39, 0.29) is 42.3 Å². The maximum atomic E-state index is 11.8. The molecule has 2 aromatic rings. The van der Waals surface area contributed by atoms with Crippen molar-refractivity contribution in [3.05, 3.63) is 6.33 Å². The Morgan fingerprint density at radius 1 is 1.18 bits per heavy atom. The van der Waals surface area contributed by atoms with E-state index < -0.39 is 28.2 Å². The predicted octanol–water partition coefficient (Wildman–Crippen LogP) is 1.25. The molecule has 1 aliphatic rings. The van der Waals surface area contributed by atoms with Crippen molar-refractivity contribution in [3.8, 4) is 12.3 Å². The predicted molar refractivity (Wildman–Crippen MR) is 119 cm³/mol. The third-order valence-electron chi connectivity index (χ3n) is 4.65. The number of fused-ring (bicyclic) bond motifs is 1. The zero-order valence-electron chi connectivity index (χ0n) is 18.4. The Morgan fingerprint density at radius 2 is 1.88 bits per heavy atom. The van der Waals surface area contributed by atoms with Crippen molar-refractivity contribution in [2.75, 3.05) is 17.2 Å². The first kappa shape index (κ1) is 24.0. The monoisotopic (exact) mass is 474 g/mol. The van der Waals surface area contributed by atoms with Crippen molar-refractivity contribution < 1.29 is 28.7 Å². The van der Waals surface area contributed by atoms with Gasteiger partial charge in [-0.1, -0.05) is 5.92 Å². The van der Waals surface area contributed by atoms with E-state index >= 15 is 0 Å². The number of hydrogen-bond acceptors (Lipinski definition) is 10. The van der Waals surface area contributed by atoms with Crippen LogP contribution in [0.4, 0.5) is 11.8 Å². The van der Waals surface area contributed by atoms with Gasteiger partial charge in [0.25, 0.3) is 0 Å². The van der Waals surface area contributed by atoms with Gasteiger partial charge in [-0.25, -0.2) is 4.98 Å². The van der Waals surface area contributed by atoms with Crippen LogP contribution in [-0.4, -0.2) is 60.7 Å². The number of nitrogens with one attached hydrogen (secondary N) is 2. The first-order valence-corrected chi connectivity index (χ1v) is 10.7. The number of anilines is 2. The van der Waals surface area contributed by atoms with Crippen molar-refractivity contribution in [3.63, 3.8) is 0 Å². The van der Waals surface area contributed by atoms with Crippen molar-refractivity contribution in [1.29, 1.82) is 0 Å². The summed E-state index contributed by atoms with van der Waals surface area (Å²) < 4.78 is 11.2. The molecule has 13 heteroatoms. The number of imidazole rings is 1. The van der Waals surface area contributed by atoms with Crippen LogP contribution in [0.2, 0.25) is 0 Å². The van der Waals surface area contributed by atoms with Gasteiger partial charge in [0.2, 0.25) is 17.8 Å². The minimum Gasteiger partial charge on any atom is -0.463 e. The lowest BCUT2D eigenvalue weighted by atomic mass is 10.0. The first-order valence-electron chi connectivity index (χ1n) is 9.80. The van der Waals surface area contributed by atoms with E-state index in [1.54, 1.807) is 4.57 Å². The Morgan fingerprint density at radius 3 is 2.45 bits per heavy atom. The van der Waals surface area contributed by atoms with Gasteiger partial charge in [-0.3, -0.25) is 24.5 Å². The van der Waals surface area contributed by atoms with Gasteiger partial charge >= 0.3 is 11.9 Å². The van der Waals surface area contributed by atoms with Gasteiger partial charge in [-0.05, 0) is 0 Å². The van der Waals surface area contributed by atoms with Gasteiger partial charge in [0.05, 0.1) is 11.7 Å². The highest BCUT2D eigenvalue weighted by molar-refractivity contribution is 8.01. The number of carbonyl (C=O) groups is 4. The number of carbonyl (C=O) groups excluding carboxylic acids is 4. The molecule has 2 aromatic heterocycles. The fourth-order valence-electron chi connectivity index (χ4n) is 3.39. The van der Waals surface area contributed by atoms with Crippen molar-refractivity contribution in [1.82, 2.24) is 19.5 Å². The molecule has 12 nitrogen and oxygen atoms in total. The van der Waals surface area contributed by atoms with E-state index in [0.29, 0.717) is 5.52 Å². The molecule has 0 bridgehead atoms. The molecule has 3 heterocycles. The molecule has 1 aliphatic heterocycles. The molecule has 33 heavy (non-hydrogen) atoms. The maximum absolute atomic E-state index is 11.8. The van der Waals surface area contributed by atoms with E-state index in [9.17, 15) is 19.2 Å². The Balaban J connectivity index is 2.06. The summed E-state index contributed by atoms with van der Waals surface area (Å²) in [7, 11) is 0. The molecule has 0 aliphatic carbocycles. The highest BCUT2D eigenvalue weighted by atomic mass is 32.2. The minimum absolute atomic E-state index is 0.0197. The van der Waals surface area contributed by atoms with Crippen LogP contribution in [0, 0.1) is 12.3 Å². The molecule has 2 N–H and O–H groups in total. The summed E-state index contributed by atoms with van der Waals surface area (Å²) in [5.41, 5.74) is 0.610. The van der Waals surface area contributed by atoms with Crippen LogP contribution in [0.3, 0.4) is 0 Å². The Labute approximate surface area is 193 Å². The zero-order chi connectivity index (χ0) is 24.3. The molecule has 3 atom stereocenters. The fourth-order valence-corrected chi connectivity index (χ4v) is 4.91. The number of aromatic nitrogens is 4. The van der Waals surface area contributed by atoms with E-state index in [2.05, 4.69) is 31.5 Å². The third-order valence-corrected chi connectivity index (χ3v) is 6.26. The van der Waals surface area contributed by atoms with Crippen molar-refractivity contribution in [2.24, 2.45) is 0 Å².